The highest BCUT2D eigenvalue weighted by Gasteiger charge is 2.47. The molecule has 110 valence electrons. The molecule has 0 amide bonds. The van der Waals surface area contributed by atoms with E-state index in [9.17, 15) is 9.59 Å². The molecule has 0 radical (unpaired) electrons. The first-order chi connectivity index (χ1) is 9.69. The van der Waals surface area contributed by atoms with Crippen molar-refractivity contribution in [1.29, 1.82) is 0 Å². The van der Waals surface area contributed by atoms with Gasteiger partial charge in [-0.2, -0.15) is 0 Å². The van der Waals surface area contributed by atoms with Gasteiger partial charge in [-0.25, -0.2) is 9.59 Å². The molecule has 2 saturated carbocycles. The molecule has 6 heteroatoms. The molecule has 6 atom stereocenters. The van der Waals surface area contributed by atoms with Crippen LogP contribution in [0.25, 0.3) is 0 Å². The summed E-state index contributed by atoms with van der Waals surface area (Å²) in [5.41, 5.74) is 0. The van der Waals surface area contributed by atoms with Crippen LogP contribution in [0.4, 0.5) is 0 Å². The molecule has 4 fully saturated rings. The highest BCUT2D eigenvalue weighted by Crippen LogP contribution is 2.38. The fraction of sp³-hybridized carbons (Fsp3) is 0.857. The van der Waals surface area contributed by atoms with Crippen LogP contribution < -0.4 is 0 Å². The molecular weight excluding hydrogens is 264 g/mol. The van der Waals surface area contributed by atoms with E-state index in [1.807, 2.05) is 0 Å². The van der Waals surface area contributed by atoms with Crippen LogP contribution in [0.15, 0.2) is 0 Å². The highest BCUT2D eigenvalue weighted by molar-refractivity contribution is 6.29. The Morgan fingerprint density at radius 2 is 1.15 bits per heavy atom. The molecule has 2 heterocycles. The topological polar surface area (TPSA) is 77.7 Å². The molecule has 6 unspecified atom stereocenters. The number of rotatable bonds is 2. The molecule has 0 bridgehead atoms. The van der Waals surface area contributed by atoms with Crippen LogP contribution in [-0.2, 0) is 28.5 Å². The largest absolute Gasteiger partial charge is 0.454 e. The predicted octanol–water partition coefficient (Wildman–Crippen LogP) is 0.713. The van der Waals surface area contributed by atoms with Gasteiger partial charge in [-0.05, 0) is 25.7 Å². The lowest BCUT2D eigenvalue weighted by molar-refractivity contribution is -0.175. The standard InChI is InChI=1S/C14H18O6/c15-13(17-7-1-3-9-11(5-7)19-9)14(16)18-8-2-4-10-12(6-8)20-10/h7-12H,1-6H2. The van der Waals surface area contributed by atoms with Crippen LogP contribution in [0.5, 0.6) is 0 Å². The highest BCUT2D eigenvalue weighted by atomic mass is 16.6. The van der Waals surface area contributed by atoms with E-state index >= 15 is 0 Å². The lowest BCUT2D eigenvalue weighted by atomic mass is 9.98. The van der Waals surface area contributed by atoms with Crippen molar-refractivity contribution in [3.63, 3.8) is 0 Å². The van der Waals surface area contributed by atoms with E-state index in [0.29, 0.717) is 25.0 Å². The zero-order valence-electron chi connectivity index (χ0n) is 11.2. The molecule has 2 saturated heterocycles. The molecule has 4 aliphatic rings. The maximum Gasteiger partial charge on any atom is 0.417 e. The molecule has 0 aromatic rings. The van der Waals surface area contributed by atoms with Gasteiger partial charge in [0.15, 0.2) is 0 Å². The molecular formula is C14H18O6. The number of fused-ring (bicyclic) bond motifs is 2. The van der Waals surface area contributed by atoms with Gasteiger partial charge < -0.3 is 18.9 Å². The van der Waals surface area contributed by atoms with E-state index in [2.05, 4.69) is 0 Å². The fourth-order valence-electron chi connectivity index (χ4n) is 3.35. The average molecular weight is 282 g/mol. The minimum absolute atomic E-state index is 0.207. The van der Waals surface area contributed by atoms with Crippen LogP contribution >= 0.6 is 0 Å². The van der Waals surface area contributed by atoms with Crippen LogP contribution in [0.2, 0.25) is 0 Å². The number of carbonyl (C=O) groups excluding carboxylic acids is 2. The second-order valence-electron chi connectivity index (χ2n) is 6.11. The summed E-state index contributed by atoms with van der Waals surface area (Å²) in [6.07, 6.45) is 5.47. The third kappa shape index (κ3) is 2.54. The van der Waals surface area contributed by atoms with Crippen molar-refractivity contribution in [1.82, 2.24) is 0 Å². The summed E-state index contributed by atoms with van der Waals surface area (Å²) in [7, 11) is 0. The summed E-state index contributed by atoms with van der Waals surface area (Å²) >= 11 is 0. The van der Waals surface area contributed by atoms with E-state index < -0.39 is 11.9 Å². The quantitative estimate of drug-likeness (QED) is 0.422. The normalized spacial score (nSPS) is 44.8. The van der Waals surface area contributed by atoms with Crippen molar-refractivity contribution >= 4 is 11.9 Å². The van der Waals surface area contributed by atoms with Crippen LogP contribution in [0, 0.1) is 0 Å². The molecule has 0 spiro atoms. The third-order valence-electron chi connectivity index (χ3n) is 4.63. The van der Waals surface area contributed by atoms with Gasteiger partial charge in [-0.3, -0.25) is 0 Å². The third-order valence-corrected chi connectivity index (χ3v) is 4.63. The molecule has 6 nitrogen and oxygen atoms in total. The van der Waals surface area contributed by atoms with Crippen molar-refractivity contribution in [2.75, 3.05) is 0 Å². The number of hydrogen-bond acceptors (Lipinski definition) is 6. The Balaban J connectivity index is 1.24. The molecule has 0 N–H and O–H groups in total. The predicted molar refractivity (Wildman–Crippen MR) is 64.8 cm³/mol. The maximum absolute atomic E-state index is 11.7. The Hall–Kier alpha value is -1.14. The van der Waals surface area contributed by atoms with Crippen LogP contribution in [-0.4, -0.2) is 48.6 Å². The summed E-state index contributed by atoms with van der Waals surface area (Å²) in [5.74, 6) is -1.74. The number of carbonyl (C=O) groups is 2. The van der Waals surface area contributed by atoms with Gasteiger partial charge in [0, 0.05) is 12.8 Å². The first-order valence-electron chi connectivity index (χ1n) is 7.41. The Labute approximate surface area is 116 Å². The lowest BCUT2D eigenvalue weighted by Gasteiger charge is -2.21. The molecule has 20 heavy (non-hydrogen) atoms. The number of esters is 2. The van der Waals surface area contributed by atoms with E-state index in [1.165, 1.54) is 0 Å². The second-order valence-corrected chi connectivity index (χ2v) is 6.11. The Bertz CT molecular complexity index is 395. The van der Waals surface area contributed by atoms with Gasteiger partial charge in [-0.1, -0.05) is 0 Å². The van der Waals surface area contributed by atoms with E-state index in [4.69, 9.17) is 18.9 Å². The number of hydrogen-bond donors (Lipinski definition) is 0. The summed E-state index contributed by atoms with van der Waals surface area (Å²) in [4.78, 5) is 23.5. The molecule has 2 aliphatic carbocycles. The van der Waals surface area contributed by atoms with E-state index in [-0.39, 0.29) is 24.4 Å². The van der Waals surface area contributed by atoms with Crippen LogP contribution in [0.1, 0.15) is 38.5 Å². The van der Waals surface area contributed by atoms with Crippen molar-refractivity contribution in [3.05, 3.63) is 0 Å². The Morgan fingerprint density at radius 1 is 0.700 bits per heavy atom. The van der Waals surface area contributed by atoms with Crippen molar-refractivity contribution in [2.24, 2.45) is 0 Å². The zero-order chi connectivity index (χ0) is 13.7. The first kappa shape index (κ1) is 12.6. The van der Waals surface area contributed by atoms with Gasteiger partial charge in [-0.15, -0.1) is 0 Å². The number of epoxide rings is 2. The maximum atomic E-state index is 11.7. The molecule has 0 aromatic carbocycles. The van der Waals surface area contributed by atoms with E-state index in [0.717, 1.165) is 25.7 Å². The summed E-state index contributed by atoms with van der Waals surface area (Å²) in [6.45, 7) is 0. The molecule has 4 rings (SSSR count). The fourth-order valence-corrected chi connectivity index (χ4v) is 3.35. The summed E-state index contributed by atoms with van der Waals surface area (Å²) in [6, 6.07) is 0. The molecule has 0 aromatic heterocycles. The smallest absolute Gasteiger partial charge is 0.417 e. The number of ether oxygens (including phenoxy) is 4. The zero-order valence-corrected chi connectivity index (χ0v) is 11.2. The van der Waals surface area contributed by atoms with Gasteiger partial charge in [0.05, 0.1) is 24.4 Å². The summed E-state index contributed by atoms with van der Waals surface area (Å²) < 4.78 is 21.1. The average Bonchev–Trinajstić information content (AvgIpc) is 3.32. The van der Waals surface area contributed by atoms with E-state index in [1.54, 1.807) is 0 Å². The minimum atomic E-state index is -0.868. The monoisotopic (exact) mass is 282 g/mol. The minimum Gasteiger partial charge on any atom is -0.454 e. The molecule has 2 aliphatic heterocycles. The first-order valence-corrected chi connectivity index (χ1v) is 7.41. The van der Waals surface area contributed by atoms with Gasteiger partial charge in [0.1, 0.15) is 12.2 Å². The lowest BCUT2D eigenvalue weighted by Crippen LogP contribution is -2.33. The van der Waals surface area contributed by atoms with Gasteiger partial charge >= 0.3 is 11.9 Å². The second kappa shape index (κ2) is 4.70. The summed E-state index contributed by atoms with van der Waals surface area (Å²) in [5, 5.41) is 0. The van der Waals surface area contributed by atoms with Crippen molar-refractivity contribution in [2.45, 2.75) is 75.1 Å². The van der Waals surface area contributed by atoms with Gasteiger partial charge in [0.25, 0.3) is 0 Å². The van der Waals surface area contributed by atoms with Crippen molar-refractivity contribution < 1.29 is 28.5 Å². The SMILES string of the molecule is O=C(OC1CCC2OC2C1)C(=O)OC1CCC2OC2C1. The Morgan fingerprint density at radius 3 is 1.55 bits per heavy atom. The van der Waals surface area contributed by atoms with Gasteiger partial charge in [0.2, 0.25) is 0 Å². The van der Waals surface area contributed by atoms with Crippen molar-refractivity contribution in [3.8, 4) is 0 Å². The van der Waals surface area contributed by atoms with Crippen LogP contribution in [0.3, 0.4) is 0 Å². The Kier molecular flexibility index (Phi) is 2.96.